The molecule has 0 fully saturated rings. The molecule has 5 nitrogen and oxygen atoms in total. The van der Waals surface area contributed by atoms with Gasteiger partial charge in [0.2, 0.25) is 0 Å². The van der Waals surface area contributed by atoms with Crippen molar-refractivity contribution in [2.45, 2.75) is 26.2 Å². The molecule has 1 unspecified atom stereocenters. The SMILES string of the molecule is CCC(=O)C(C)c1nccn2cnnc12. The molecule has 0 saturated heterocycles. The predicted molar refractivity (Wildman–Crippen MR) is 54.5 cm³/mol. The lowest BCUT2D eigenvalue weighted by atomic mass is 10.0. The fraction of sp³-hybridized carbons (Fsp3) is 0.400. The van der Waals surface area contributed by atoms with E-state index in [0.717, 1.165) is 0 Å². The Balaban J connectivity index is 2.51. The number of aromatic nitrogens is 4. The largest absolute Gasteiger partial charge is 0.299 e. The van der Waals surface area contributed by atoms with E-state index in [-0.39, 0.29) is 11.7 Å². The number of fused-ring (bicyclic) bond motifs is 1. The van der Waals surface area contributed by atoms with E-state index in [9.17, 15) is 4.79 Å². The number of carbonyl (C=O) groups is 1. The third-order valence-electron chi connectivity index (χ3n) is 2.48. The topological polar surface area (TPSA) is 60.2 Å². The number of carbonyl (C=O) groups excluding carboxylic acids is 1. The molecule has 2 heterocycles. The van der Waals surface area contributed by atoms with Crippen LogP contribution in [0.1, 0.15) is 31.9 Å². The molecule has 15 heavy (non-hydrogen) atoms. The van der Waals surface area contributed by atoms with E-state index in [0.29, 0.717) is 17.8 Å². The number of rotatable bonds is 3. The van der Waals surface area contributed by atoms with Gasteiger partial charge < -0.3 is 0 Å². The average Bonchev–Trinajstić information content (AvgIpc) is 2.74. The van der Waals surface area contributed by atoms with E-state index in [1.54, 1.807) is 23.1 Å². The Morgan fingerprint density at radius 3 is 3.13 bits per heavy atom. The van der Waals surface area contributed by atoms with Crippen molar-refractivity contribution in [1.29, 1.82) is 0 Å². The molecular formula is C10H12N4O. The van der Waals surface area contributed by atoms with Crippen LogP contribution < -0.4 is 0 Å². The van der Waals surface area contributed by atoms with Crippen LogP contribution in [-0.4, -0.2) is 25.4 Å². The maximum Gasteiger partial charge on any atom is 0.183 e. The highest BCUT2D eigenvalue weighted by molar-refractivity contribution is 5.86. The molecular weight excluding hydrogens is 192 g/mol. The van der Waals surface area contributed by atoms with Gasteiger partial charge in [-0.3, -0.25) is 14.2 Å². The molecule has 0 saturated carbocycles. The summed E-state index contributed by atoms with van der Waals surface area (Å²) in [6.45, 7) is 3.70. The highest BCUT2D eigenvalue weighted by Gasteiger charge is 2.18. The van der Waals surface area contributed by atoms with E-state index >= 15 is 0 Å². The van der Waals surface area contributed by atoms with Crippen LogP contribution in [0, 0.1) is 0 Å². The molecule has 5 heteroatoms. The van der Waals surface area contributed by atoms with Gasteiger partial charge >= 0.3 is 0 Å². The number of Topliss-reactive ketones (excluding diaryl/α,β-unsaturated/α-hetero) is 1. The highest BCUT2D eigenvalue weighted by atomic mass is 16.1. The normalized spacial score (nSPS) is 12.9. The highest BCUT2D eigenvalue weighted by Crippen LogP contribution is 2.18. The molecule has 0 amide bonds. The van der Waals surface area contributed by atoms with Gasteiger partial charge in [0.15, 0.2) is 5.65 Å². The molecule has 2 aromatic heterocycles. The summed E-state index contributed by atoms with van der Waals surface area (Å²) in [7, 11) is 0. The molecule has 78 valence electrons. The van der Waals surface area contributed by atoms with Gasteiger partial charge in [0, 0.05) is 18.8 Å². The Hall–Kier alpha value is -1.78. The first-order valence-electron chi connectivity index (χ1n) is 4.91. The second-order valence-electron chi connectivity index (χ2n) is 3.42. The quantitative estimate of drug-likeness (QED) is 0.753. The Kier molecular flexibility index (Phi) is 2.45. The lowest BCUT2D eigenvalue weighted by molar-refractivity contribution is -0.119. The number of nitrogens with zero attached hydrogens (tertiary/aromatic N) is 4. The molecule has 0 radical (unpaired) electrons. The van der Waals surface area contributed by atoms with Gasteiger partial charge in [-0.25, -0.2) is 0 Å². The van der Waals surface area contributed by atoms with Crippen LogP contribution in [0.4, 0.5) is 0 Å². The summed E-state index contributed by atoms with van der Waals surface area (Å²) in [6.07, 6.45) is 5.54. The fourth-order valence-electron chi connectivity index (χ4n) is 1.54. The zero-order valence-corrected chi connectivity index (χ0v) is 8.71. The molecule has 1 atom stereocenters. The van der Waals surface area contributed by atoms with Crippen LogP contribution >= 0.6 is 0 Å². The Morgan fingerprint density at radius 2 is 2.40 bits per heavy atom. The first-order chi connectivity index (χ1) is 7.24. The first-order valence-corrected chi connectivity index (χ1v) is 4.91. The van der Waals surface area contributed by atoms with Crippen LogP contribution in [0.2, 0.25) is 0 Å². The van der Waals surface area contributed by atoms with Crippen LogP contribution in [0.15, 0.2) is 18.7 Å². The summed E-state index contributed by atoms with van der Waals surface area (Å²) >= 11 is 0. The van der Waals surface area contributed by atoms with Crippen molar-refractivity contribution < 1.29 is 4.79 Å². The van der Waals surface area contributed by atoms with Gasteiger partial charge in [-0.15, -0.1) is 10.2 Å². The smallest absolute Gasteiger partial charge is 0.183 e. The number of ketones is 1. The minimum atomic E-state index is -0.220. The summed E-state index contributed by atoms with van der Waals surface area (Å²) in [5, 5.41) is 7.75. The monoisotopic (exact) mass is 204 g/mol. The van der Waals surface area contributed by atoms with Gasteiger partial charge in [-0.2, -0.15) is 0 Å². The molecule has 0 aliphatic rings. The number of hydrogen-bond donors (Lipinski definition) is 0. The standard InChI is InChI=1S/C10H12N4O/c1-3-8(15)7(2)9-10-13-12-6-14(10)5-4-11-9/h4-7H,3H2,1-2H3. The summed E-state index contributed by atoms with van der Waals surface area (Å²) in [6, 6.07) is 0. The van der Waals surface area contributed by atoms with E-state index in [4.69, 9.17) is 0 Å². The van der Waals surface area contributed by atoms with Gasteiger partial charge in [-0.1, -0.05) is 6.92 Å². The lowest BCUT2D eigenvalue weighted by Crippen LogP contribution is -2.11. The second-order valence-corrected chi connectivity index (χ2v) is 3.42. The van der Waals surface area contributed by atoms with Gasteiger partial charge in [0.25, 0.3) is 0 Å². The maximum atomic E-state index is 11.6. The third kappa shape index (κ3) is 1.60. The van der Waals surface area contributed by atoms with Crippen LogP contribution in [0.3, 0.4) is 0 Å². The van der Waals surface area contributed by atoms with Crippen molar-refractivity contribution in [3.63, 3.8) is 0 Å². The zero-order chi connectivity index (χ0) is 10.8. The summed E-state index contributed by atoms with van der Waals surface area (Å²) in [5.41, 5.74) is 1.36. The molecule has 0 spiro atoms. The van der Waals surface area contributed by atoms with Crippen molar-refractivity contribution in [3.8, 4) is 0 Å². The fourth-order valence-corrected chi connectivity index (χ4v) is 1.54. The van der Waals surface area contributed by atoms with Crippen molar-refractivity contribution in [2.24, 2.45) is 0 Å². The van der Waals surface area contributed by atoms with Crippen molar-refractivity contribution in [2.75, 3.05) is 0 Å². The minimum absolute atomic E-state index is 0.165. The molecule has 0 aliphatic heterocycles. The molecule has 0 bridgehead atoms. The van der Waals surface area contributed by atoms with Crippen molar-refractivity contribution in [1.82, 2.24) is 19.6 Å². The number of hydrogen-bond acceptors (Lipinski definition) is 4. The average molecular weight is 204 g/mol. The van der Waals surface area contributed by atoms with Crippen LogP contribution in [0.25, 0.3) is 5.65 Å². The van der Waals surface area contributed by atoms with E-state index in [1.807, 2.05) is 13.8 Å². The van der Waals surface area contributed by atoms with Gasteiger partial charge in [0.05, 0.1) is 11.6 Å². The summed E-state index contributed by atoms with van der Waals surface area (Å²) in [4.78, 5) is 15.8. The minimum Gasteiger partial charge on any atom is -0.299 e. The Bertz CT molecular complexity index is 491. The van der Waals surface area contributed by atoms with E-state index < -0.39 is 0 Å². The predicted octanol–water partition coefficient (Wildman–Crippen LogP) is 1.21. The Morgan fingerprint density at radius 1 is 1.60 bits per heavy atom. The zero-order valence-electron chi connectivity index (χ0n) is 8.71. The van der Waals surface area contributed by atoms with Crippen LogP contribution in [0.5, 0.6) is 0 Å². The third-order valence-corrected chi connectivity index (χ3v) is 2.48. The van der Waals surface area contributed by atoms with Crippen molar-refractivity contribution >= 4 is 11.4 Å². The van der Waals surface area contributed by atoms with E-state index in [2.05, 4.69) is 15.2 Å². The second kappa shape index (κ2) is 3.76. The summed E-state index contributed by atoms with van der Waals surface area (Å²) in [5.74, 6) is -0.0542. The van der Waals surface area contributed by atoms with Gasteiger partial charge in [-0.05, 0) is 6.92 Å². The Labute approximate surface area is 87.2 Å². The molecule has 2 rings (SSSR count). The van der Waals surface area contributed by atoms with Gasteiger partial charge in [0.1, 0.15) is 12.1 Å². The maximum absolute atomic E-state index is 11.6. The first kappa shape index (κ1) is 9.76. The molecule has 2 aromatic rings. The lowest BCUT2D eigenvalue weighted by Gasteiger charge is -2.08. The summed E-state index contributed by atoms with van der Waals surface area (Å²) < 4.78 is 1.77. The van der Waals surface area contributed by atoms with Crippen LogP contribution in [-0.2, 0) is 4.79 Å². The molecule has 0 aromatic carbocycles. The molecule has 0 aliphatic carbocycles. The van der Waals surface area contributed by atoms with Crippen molar-refractivity contribution in [3.05, 3.63) is 24.4 Å². The van der Waals surface area contributed by atoms with E-state index in [1.165, 1.54) is 0 Å². The molecule has 0 N–H and O–H groups in total.